The Kier molecular flexibility index (Phi) is 4.58. The van der Waals surface area contributed by atoms with Crippen molar-refractivity contribution in [3.8, 4) is 17.0 Å². The van der Waals surface area contributed by atoms with Crippen LogP contribution in [0.3, 0.4) is 0 Å². The zero-order valence-corrected chi connectivity index (χ0v) is 11.7. The van der Waals surface area contributed by atoms with Crippen molar-refractivity contribution in [2.45, 2.75) is 12.1 Å². The van der Waals surface area contributed by atoms with E-state index in [1.165, 1.54) is 12.1 Å². The third-order valence-electron chi connectivity index (χ3n) is 3.06. The lowest BCUT2D eigenvalue weighted by Gasteiger charge is -2.20. The van der Waals surface area contributed by atoms with Gasteiger partial charge >= 0.3 is 6.18 Å². The molecule has 0 fully saturated rings. The van der Waals surface area contributed by atoms with Crippen molar-refractivity contribution in [1.82, 2.24) is 4.98 Å². The Balaban J connectivity index is 2.61. The highest BCUT2D eigenvalue weighted by Crippen LogP contribution is 2.42. The van der Waals surface area contributed by atoms with Crippen molar-refractivity contribution in [2.24, 2.45) is 0 Å². The summed E-state index contributed by atoms with van der Waals surface area (Å²) in [5.74, 6) is -3.60. The summed E-state index contributed by atoms with van der Waals surface area (Å²) in [5.41, 5.74) is -0.610. The molecule has 0 aliphatic rings. The molecule has 0 spiro atoms. The number of nitrogens with zero attached hydrogens (tertiary/aromatic N) is 1. The molecule has 118 valence electrons. The molecule has 0 amide bonds. The van der Waals surface area contributed by atoms with Gasteiger partial charge in [0.2, 0.25) is 0 Å². The van der Waals surface area contributed by atoms with Gasteiger partial charge in [-0.3, -0.25) is 0 Å². The fourth-order valence-corrected chi connectivity index (χ4v) is 2.18. The van der Waals surface area contributed by atoms with Crippen molar-refractivity contribution in [3.05, 3.63) is 46.9 Å². The summed E-state index contributed by atoms with van der Waals surface area (Å²) in [5, 5.41) is 18.8. The van der Waals surface area contributed by atoms with E-state index in [4.69, 9.17) is 16.7 Å². The summed E-state index contributed by atoms with van der Waals surface area (Å²) in [7, 11) is 0. The molecule has 22 heavy (non-hydrogen) atoms. The van der Waals surface area contributed by atoms with Gasteiger partial charge in [0.05, 0.1) is 6.61 Å². The number of aliphatic hydroxyl groups excluding tert-OH is 1. The quantitative estimate of drug-likeness (QED) is 0.661. The fraction of sp³-hybridized carbons (Fsp3) is 0.214. The smallest absolute Gasteiger partial charge is 0.398 e. The minimum Gasteiger partial charge on any atom is -0.505 e. The second kappa shape index (κ2) is 6.10. The topological polar surface area (TPSA) is 53.4 Å². The number of benzene rings is 1. The van der Waals surface area contributed by atoms with Gasteiger partial charge in [0.1, 0.15) is 28.3 Å². The van der Waals surface area contributed by atoms with E-state index in [9.17, 15) is 22.7 Å². The van der Waals surface area contributed by atoms with Crippen LogP contribution in [0.25, 0.3) is 11.3 Å². The van der Waals surface area contributed by atoms with E-state index in [-0.39, 0.29) is 16.4 Å². The molecule has 1 aromatic carbocycles. The van der Waals surface area contributed by atoms with Crippen molar-refractivity contribution in [2.75, 3.05) is 6.61 Å². The van der Waals surface area contributed by atoms with Crippen LogP contribution in [0.2, 0.25) is 5.15 Å². The van der Waals surface area contributed by atoms with Crippen LogP contribution in [0, 0.1) is 5.82 Å². The van der Waals surface area contributed by atoms with Gasteiger partial charge in [-0.05, 0) is 30.3 Å². The van der Waals surface area contributed by atoms with Crippen molar-refractivity contribution < 1.29 is 27.8 Å². The second-order valence-electron chi connectivity index (χ2n) is 4.52. The first-order chi connectivity index (χ1) is 10.2. The number of hydrogen-bond donors (Lipinski definition) is 2. The molecule has 0 radical (unpaired) electrons. The number of aliphatic hydroxyl groups is 1. The maximum absolute atomic E-state index is 12.9. The Morgan fingerprint density at radius 2 is 1.77 bits per heavy atom. The maximum Gasteiger partial charge on any atom is 0.398 e. The summed E-state index contributed by atoms with van der Waals surface area (Å²) in [6.45, 7) is -1.25. The van der Waals surface area contributed by atoms with Crippen molar-refractivity contribution >= 4 is 11.6 Å². The van der Waals surface area contributed by atoms with Gasteiger partial charge in [0.25, 0.3) is 0 Å². The normalized spacial score (nSPS) is 13.2. The Morgan fingerprint density at radius 3 is 2.27 bits per heavy atom. The molecule has 2 aromatic rings. The van der Waals surface area contributed by atoms with Crippen LogP contribution in [-0.2, 0) is 0 Å². The molecule has 0 unspecified atom stereocenters. The van der Waals surface area contributed by atoms with Crippen LogP contribution in [0.1, 0.15) is 11.5 Å². The van der Waals surface area contributed by atoms with Crippen LogP contribution in [0.4, 0.5) is 17.6 Å². The van der Waals surface area contributed by atoms with E-state index in [0.717, 1.165) is 18.2 Å². The first kappa shape index (κ1) is 16.5. The molecule has 1 heterocycles. The summed E-state index contributed by atoms with van der Waals surface area (Å²) in [4.78, 5) is 3.78. The molecule has 2 N–H and O–H groups in total. The molecular formula is C14H10ClF4NO2. The van der Waals surface area contributed by atoms with E-state index < -0.39 is 35.8 Å². The Morgan fingerprint density at radius 1 is 1.18 bits per heavy atom. The molecule has 2 rings (SSSR count). The number of alkyl halides is 3. The molecule has 1 aromatic heterocycles. The summed E-state index contributed by atoms with van der Waals surface area (Å²) in [6.07, 6.45) is -4.77. The number of hydrogen-bond acceptors (Lipinski definition) is 3. The van der Waals surface area contributed by atoms with E-state index in [1.54, 1.807) is 0 Å². The van der Waals surface area contributed by atoms with E-state index >= 15 is 0 Å². The predicted octanol–water partition coefficient (Wildman–Crippen LogP) is 3.88. The highest BCUT2D eigenvalue weighted by Gasteiger charge is 2.42. The molecule has 0 aliphatic heterocycles. The second-order valence-corrected chi connectivity index (χ2v) is 4.90. The largest absolute Gasteiger partial charge is 0.505 e. The number of rotatable bonds is 3. The third kappa shape index (κ3) is 3.31. The van der Waals surface area contributed by atoms with Crippen LogP contribution in [-0.4, -0.2) is 28.0 Å². The Hall–Kier alpha value is -1.86. The Bertz CT molecular complexity index is 674. The first-order valence-electron chi connectivity index (χ1n) is 6.07. The molecular weight excluding hydrogens is 326 g/mol. The van der Waals surface area contributed by atoms with Crippen molar-refractivity contribution in [3.63, 3.8) is 0 Å². The van der Waals surface area contributed by atoms with Gasteiger partial charge < -0.3 is 10.2 Å². The van der Waals surface area contributed by atoms with E-state index in [0.29, 0.717) is 0 Å². The number of halogens is 5. The predicted molar refractivity (Wildman–Crippen MR) is 72.2 cm³/mol. The molecule has 1 atom stereocenters. The monoisotopic (exact) mass is 335 g/mol. The molecule has 3 nitrogen and oxygen atoms in total. The fourth-order valence-electron chi connectivity index (χ4n) is 1.98. The molecule has 0 bridgehead atoms. The van der Waals surface area contributed by atoms with E-state index in [1.807, 2.05) is 0 Å². The average molecular weight is 336 g/mol. The highest BCUT2D eigenvalue weighted by atomic mass is 35.5. The van der Waals surface area contributed by atoms with Gasteiger partial charge in [0, 0.05) is 11.1 Å². The maximum atomic E-state index is 12.9. The van der Waals surface area contributed by atoms with Gasteiger partial charge in [-0.15, -0.1) is 0 Å². The van der Waals surface area contributed by atoms with Crippen molar-refractivity contribution in [1.29, 1.82) is 0 Å². The first-order valence-corrected chi connectivity index (χ1v) is 6.44. The van der Waals surface area contributed by atoms with Crippen LogP contribution in [0.5, 0.6) is 5.75 Å². The van der Waals surface area contributed by atoms with Gasteiger partial charge in [0.15, 0.2) is 0 Å². The SMILES string of the molecule is OC[C@H](c1cc(Cl)nc(-c2ccc(F)cc2)c1O)C(F)(F)F. The lowest BCUT2D eigenvalue weighted by molar-refractivity contribution is -0.158. The molecule has 0 saturated heterocycles. The number of aromatic hydroxyl groups is 1. The lowest BCUT2D eigenvalue weighted by atomic mass is 9.96. The van der Waals surface area contributed by atoms with Gasteiger partial charge in [-0.25, -0.2) is 9.37 Å². The third-order valence-corrected chi connectivity index (χ3v) is 3.26. The molecule has 0 aliphatic carbocycles. The van der Waals surface area contributed by atoms with Crippen LogP contribution >= 0.6 is 11.6 Å². The number of aromatic nitrogens is 1. The van der Waals surface area contributed by atoms with Gasteiger partial charge in [-0.2, -0.15) is 13.2 Å². The number of pyridine rings is 1. The summed E-state index contributed by atoms with van der Waals surface area (Å²) >= 11 is 5.71. The summed E-state index contributed by atoms with van der Waals surface area (Å²) < 4.78 is 51.7. The average Bonchev–Trinajstić information content (AvgIpc) is 2.42. The summed E-state index contributed by atoms with van der Waals surface area (Å²) in [6, 6.07) is 5.49. The van der Waals surface area contributed by atoms with E-state index in [2.05, 4.69) is 4.98 Å². The van der Waals surface area contributed by atoms with Gasteiger partial charge in [-0.1, -0.05) is 11.6 Å². The van der Waals surface area contributed by atoms with Crippen LogP contribution < -0.4 is 0 Å². The Labute approximate surface area is 127 Å². The molecule has 0 saturated carbocycles. The highest BCUT2D eigenvalue weighted by molar-refractivity contribution is 6.29. The minimum atomic E-state index is -4.77. The zero-order valence-electron chi connectivity index (χ0n) is 10.9. The molecule has 8 heteroatoms. The minimum absolute atomic E-state index is 0.196. The standard InChI is InChI=1S/C14H10ClF4NO2/c15-11-5-9(10(6-21)14(17,18)19)13(22)12(20-11)7-1-3-8(16)4-2-7/h1-5,10,21-22H,6H2/t10-/m1/s1. The zero-order chi connectivity index (χ0) is 16.5. The lowest BCUT2D eigenvalue weighted by Crippen LogP contribution is -2.24. The van der Waals surface area contributed by atoms with Crippen LogP contribution in [0.15, 0.2) is 30.3 Å².